The molecule has 4 nitrogen and oxygen atoms in total. The number of benzene rings is 2. The first-order chi connectivity index (χ1) is 10.2. The van der Waals surface area contributed by atoms with Gasteiger partial charge in [0, 0.05) is 24.4 Å². The minimum Gasteiger partial charge on any atom is -0.486 e. The number of fused-ring (bicyclic) bond motifs is 1. The summed E-state index contributed by atoms with van der Waals surface area (Å²) in [5.74, 6) is 1.37. The van der Waals surface area contributed by atoms with Crippen molar-refractivity contribution in [2.24, 2.45) is 0 Å². The van der Waals surface area contributed by atoms with Gasteiger partial charge >= 0.3 is 0 Å². The van der Waals surface area contributed by atoms with E-state index < -0.39 is 0 Å². The molecule has 2 aromatic rings. The number of ether oxygens (including phenoxy) is 2. The van der Waals surface area contributed by atoms with Gasteiger partial charge in [-0.15, -0.1) is 0 Å². The van der Waals surface area contributed by atoms with E-state index in [-0.39, 0.29) is 5.91 Å². The Morgan fingerprint density at radius 3 is 2.52 bits per heavy atom. The highest BCUT2D eigenvalue weighted by molar-refractivity contribution is 6.06. The Morgan fingerprint density at radius 1 is 1.05 bits per heavy atom. The Balaban J connectivity index is 1.90. The fourth-order valence-electron chi connectivity index (χ4n) is 2.35. The largest absolute Gasteiger partial charge is 0.486 e. The van der Waals surface area contributed by atoms with Crippen molar-refractivity contribution in [2.45, 2.75) is 6.92 Å². The van der Waals surface area contributed by atoms with E-state index in [1.165, 1.54) is 0 Å². The van der Waals surface area contributed by atoms with Gasteiger partial charge < -0.3 is 14.4 Å². The number of amides is 1. The summed E-state index contributed by atoms with van der Waals surface area (Å²) in [4.78, 5) is 14.2. The lowest BCUT2D eigenvalue weighted by Crippen LogP contribution is -2.27. The Kier molecular flexibility index (Phi) is 3.52. The van der Waals surface area contributed by atoms with Crippen LogP contribution in [0.3, 0.4) is 0 Å². The van der Waals surface area contributed by atoms with Gasteiger partial charge in [-0.25, -0.2) is 0 Å². The second-order valence-electron chi connectivity index (χ2n) is 5.01. The smallest absolute Gasteiger partial charge is 0.258 e. The third-order valence-electron chi connectivity index (χ3n) is 3.59. The summed E-state index contributed by atoms with van der Waals surface area (Å²) in [5, 5.41) is 0. The summed E-state index contributed by atoms with van der Waals surface area (Å²) >= 11 is 0. The maximum atomic E-state index is 12.6. The molecule has 0 fully saturated rings. The highest BCUT2D eigenvalue weighted by Gasteiger charge is 2.18. The van der Waals surface area contributed by atoms with Gasteiger partial charge in [-0.05, 0) is 30.7 Å². The molecule has 0 aromatic heterocycles. The molecule has 4 heteroatoms. The molecule has 0 atom stereocenters. The second kappa shape index (κ2) is 5.48. The number of hydrogen-bond donors (Lipinski definition) is 0. The van der Waals surface area contributed by atoms with Crippen LogP contribution in [-0.2, 0) is 0 Å². The molecule has 0 saturated heterocycles. The molecule has 2 aromatic carbocycles. The lowest BCUT2D eigenvalue weighted by molar-refractivity contribution is 0.0992. The summed E-state index contributed by atoms with van der Waals surface area (Å²) in [6, 6.07) is 13.1. The van der Waals surface area contributed by atoms with Crippen molar-refractivity contribution in [3.05, 3.63) is 53.6 Å². The first-order valence-corrected chi connectivity index (χ1v) is 6.90. The zero-order chi connectivity index (χ0) is 14.8. The minimum absolute atomic E-state index is 0.0372. The van der Waals surface area contributed by atoms with Gasteiger partial charge in [0.1, 0.15) is 13.2 Å². The Hall–Kier alpha value is -2.49. The van der Waals surface area contributed by atoms with Crippen molar-refractivity contribution < 1.29 is 14.3 Å². The molecule has 1 amide bonds. The van der Waals surface area contributed by atoms with E-state index in [0.717, 1.165) is 17.0 Å². The summed E-state index contributed by atoms with van der Waals surface area (Å²) in [6.07, 6.45) is 0. The topological polar surface area (TPSA) is 38.8 Å². The van der Waals surface area contributed by atoms with E-state index in [0.29, 0.717) is 24.5 Å². The summed E-state index contributed by atoms with van der Waals surface area (Å²) in [7, 11) is 1.76. The van der Waals surface area contributed by atoms with Gasteiger partial charge in [0.25, 0.3) is 5.91 Å². The lowest BCUT2D eigenvalue weighted by atomic mass is 10.1. The van der Waals surface area contributed by atoms with Crippen molar-refractivity contribution in [3.8, 4) is 11.5 Å². The number of carbonyl (C=O) groups is 1. The Bertz CT molecular complexity index is 681. The van der Waals surface area contributed by atoms with Crippen molar-refractivity contribution in [1.82, 2.24) is 0 Å². The van der Waals surface area contributed by atoms with Gasteiger partial charge in [-0.2, -0.15) is 0 Å². The fraction of sp³-hybridized carbons (Fsp3) is 0.235. The van der Waals surface area contributed by atoms with Gasteiger partial charge in [0.15, 0.2) is 11.5 Å². The highest BCUT2D eigenvalue weighted by Crippen LogP contribution is 2.34. The predicted octanol–water partition coefficient (Wildman–Crippen LogP) is 3.04. The summed E-state index contributed by atoms with van der Waals surface area (Å²) in [6.45, 7) is 3.03. The van der Waals surface area contributed by atoms with Crippen LogP contribution in [0.15, 0.2) is 42.5 Å². The maximum Gasteiger partial charge on any atom is 0.258 e. The van der Waals surface area contributed by atoms with E-state index in [1.54, 1.807) is 11.9 Å². The number of carbonyl (C=O) groups excluding carboxylic acids is 1. The highest BCUT2D eigenvalue weighted by atomic mass is 16.6. The minimum atomic E-state index is -0.0372. The first kappa shape index (κ1) is 13.5. The fourth-order valence-corrected chi connectivity index (χ4v) is 2.35. The second-order valence-corrected chi connectivity index (χ2v) is 5.01. The third-order valence-corrected chi connectivity index (χ3v) is 3.59. The molecule has 1 heterocycles. The van der Waals surface area contributed by atoms with E-state index in [1.807, 2.05) is 49.4 Å². The van der Waals surface area contributed by atoms with Crippen LogP contribution in [0.4, 0.5) is 5.69 Å². The van der Waals surface area contributed by atoms with Crippen LogP contribution >= 0.6 is 0 Å². The molecule has 3 rings (SSSR count). The predicted molar refractivity (Wildman–Crippen MR) is 81.3 cm³/mol. The zero-order valence-electron chi connectivity index (χ0n) is 12.1. The molecule has 21 heavy (non-hydrogen) atoms. The van der Waals surface area contributed by atoms with Crippen molar-refractivity contribution in [3.63, 3.8) is 0 Å². The van der Waals surface area contributed by atoms with E-state index >= 15 is 0 Å². The molecular formula is C17H17NO3. The molecule has 0 unspecified atom stereocenters. The summed E-state index contributed by atoms with van der Waals surface area (Å²) in [5.41, 5.74) is 2.45. The molecule has 0 bridgehead atoms. The first-order valence-electron chi connectivity index (χ1n) is 6.90. The molecule has 0 N–H and O–H groups in total. The quantitative estimate of drug-likeness (QED) is 0.850. The average Bonchev–Trinajstić information content (AvgIpc) is 2.53. The number of nitrogens with zero attached hydrogens (tertiary/aromatic N) is 1. The normalized spacial score (nSPS) is 12.9. The lowest BCUT2D eigenvalue weighted by Gasteiger charge is -2.22. The van der Waals surface area contributed by atoms with Crippen LogP contribution in [-0.4, -0.2) is 26.2 Å². The SMILES string of the molecule is Cc1ccccc1C(=O)N(C)c1ccc2c(c1)OCCO2. The van der Waals surface area contributed by atoms with Gasteiger partial charge in [0.05, 0.1) is 0 Å². The Labute approximate surface area is 123 Å². The third kappa shape index (κ3) is 2.57. The molecular weight excluding hydrogens is 266 g/mol. The molecule has 108 valence electrons. The number of anilines is 1. The molecule has 0 radical (unpaired) electrons. The standard InChI is InChI=1S/C17H17NO3/c1-12-5-3-4-6-14(12)17(19)18(2)13-7-8-15-16(11-13)21-10-9-20-15/h3-8,11H,9-10H2,1-2H3. The molecule has 1 aliphatic rings. The monoisotopic (exact) mass is 283 g/mol. The van der Waals surface area contributed by atoms with Crippen LogP contribution in [0.1, 0.15) is 15.9 Å². The van der Waals surface area contributed by atoms with Crippen LogP contribution in [0.5, 0.6) is 11.5 Å². The molecule has 0 saturated carbocycles. The van der Waals surface area contributed by atoms with Gasteiger partial charge in [-0.3, -0.25) is 4.79 Å². The van der Waals surface area contributed by atoms with Crippen LogP contribution < -0.4 is 14.4 Å². The van der Waals surface area contributed by atoms with Crippen LogP contribution in [0.25, 0.3) is 0 Å². The number of hydrogen-bond acceptors (Lipinski definition) is 3. The van der Waals surface area contributed by atoms with Gasteiger partial charge in [-0.1, -0.05) is 18.2 Å². The summed E-state index contributed by atoms with van der Waals surface area (Å²) < 4.78 is 11.1. The number of aryl methyl sites for hydroxylation is 1. The molecule has 0 spiro atoms. The van der Waals surface area contributed by atoms with Crippen LogP contribution in [0, 0.1) is 6.92 Å². The van der Waals surface area contributed by atoms with Gasteiger partial charge in [0.2, 0.25) is 0 Å². The van der Waals surface area contributed by atoms with Crippen molar-refractivity contribution >= 4 is 11.6 Å². The Morgan fingerprint density at radius 2 is 1.76 bits per heavy atom. The van der Waals surface area contributed by atoms with E-state index in [4.69, 9.17) is 9.47 Å². The molecule has 1 aliphatic heterocycles. The van der Waals surface area contributed by atoms with Crippen LogP contribution in [0.2, 0.25) is 0 Å². The zero-order valence-corrected chi connectivity index (χ0v) is 12.1. The van der Waals surface area contributed by atoms with E-state index in [9.17, 15) is 4.79 Å². The average molecular weight is 283 g/mol. The maximum absolute atomic E-state index is 12.6. The van der Waals surface area contributed by atoms with E-state index in [2.05, 4.69) is 0 Å². The number of rotatable bonds is 2. The van der Waals surface area contributed by atoms with Crippen molar-refractivity contribution in [1.29, 1.82) is 0 Å². The van der Waals surface area contributed by atoms with Crippen molar-refractivity contribution in [2.75, 3.05) is 25.2 Å². The molecule has 0 aliphatic carbocycles.